The summed E-state index contributed by atoms with van der Waals surface area (Å²) in [6.45, 7) is 2.24. The molecule has 0 fully saturated rings. The topological polar surface area (TPSA) is 0 Å². The van der Waals surface area contributed by atoms with Gasteiger partial charge in [0.2, 0.25) is 0 Å². The third-order valence-electron chi connectivity index (χ3n) is 5.11. The Morgan fingerprint density at radius 3 is 2.19 bits per heavy atom. The molecule has 0 saturated carbocycles. The maximum Gasteiger partial charge on any atom is 0.0327 e. The Balaban J connectivity index is 1.63. The monoisotopic (exact) mass is 348 g/mol. The van der Waals surface area contributed by atoms with Crippen LogP contribution < -0.4 is 0 Å². The van der Waals surface area contributed by atoms with Crippen LogP contribution in [0.1, 0.15) is 42.9 Å². The number of hydrogen-bond donors (Lipinski definition) is 0. The summed E-state index contributed by atoms with van der Waals surface area (Å²) in [5.74, 6) is 6.74. The van der Waals surface area contributed by atoms with Crippen LogP contribution in [0.4, 0.5) is 0 Å². The Morgan fingerprint density at radius 1 is 0.667 bits per heavy atom. The van der Waals surface area contributed by atoms with Gasteiger partial charge in [0.05, 0.1) is 0 Å². The maximum absolute atomic E-state index is 3.39. The molecular weight excluding hydrogens is 324 g/mol. The van der Waals surface area contributed by atoms with E-state index in [0.717, 1.165) is 17.5 Å². The van der Waals surface area contributed by atoms with Gasteiger partial charge < -0.3 is 0 Å². The van der Waals surface area contributed by atoms with Crippen molar-refractivity contribution in [2.24, 2.45) is 0 Å². The molecule has 0 spiro atoms. The van der Waals surface area contributed by atoms with Crippen LogP contribution in [0, 0.1) is 11.8 Å². The minimum absolute atomic E-state index is 1.08. The summed E-state index contributed by atoms with van der Waals surface area (Å²) in [5, 5.41) is 5.00. The number of unbranched alkanes of at least 4 members (excludes halogenated alkanes) is 2. The second-order valence-electron chi connectivity index (χ2n) is 7.13. The van der Waals surface area contributed by atoms with Gasteiger partial charge in [-0.2, -0.15) is 0 Å². The van der Waals surface area contributed by atoms with E-state index in [9.17, 15) is 0 Å². The van der Waals surface area contributed by atoms with Gasteiger partial charge in [0.15, 0.2) is 0 Å². The Bertz CT molecular complexity index is 1120. The molecule has 0 aromatic heterocycles. The summed E-state index contributed by atoms with van der Waals surface area (Å²) in [7, 11) is 0. The molecule has 132 valence electrons. The van der Waals surface area contributed by atoms with E-state index in [1.54, 1.807) is 0 Å². The predicted octanol–water partition coefficient (Wildman–Crippen LogP) is 7.13. The molecule has 0 aliphatic rings. The van der Waals surface area contributed by atoms with Crippen LogP contribution in [0.15, 0.2) is 78.9 Å². The first-order chi connectivity index (χ1) is 13.3. The van der Waals surface area contributed by atoms with E-state index >= 15 is 0 Å². The zero-order valence-corrected chi connectivity index (χ0v) is 15.8. The van der Waals surface area contributed by atoms with Crippen LogP contribution in [0.3, 0.4) is 0 Å². The summed E-state index contributed by atoms with van der Waals surface area (Å²) in [6.07, 6.45) is 5.00. The van der Waals surface area contributed by atoms with Crippen molar-refractivity contribution in [2.45, 2.75) is 32.6 Å². The highest BCUT2D eigenvalue weighted by Crippen LogP contribution is 2.25. The summed E-state index contributed by atoms with van der Waals surface area (Å²) >= 11 is 0. The molecule has 0 amide bonds. The lowest BCUT2D eigenvalue weighted by Gasteiger charge is -2.04. The van der Waals surface area contributed by atoms with E-state index in [1.807, 2.05) is 0 Å². The smallest absolute Gasteiger partial charge is 0.0327 e. The zero-order valence-electron chi connectivity index (χ0n) is 15.8. The maximum atomic E-state index is 3.39. The van der Waals surface area contributed by atoms with Crippen molar-refractivity contribution in [1.29, 1.82) is 0 Å². The molecule has 0 bridgehead atoms. The Kier molecular flexibility index (Phi) is 5.22. The number of hydrogen-bond acceptors (Lipinski definition) is 0. The first-order valence-electron chi connectivity index (χ1n) is 9.86. The van der Waals surface area contributed by atoms with Crippen molar-refractivity contribution in [1.82, 2.24) is 0 Å². The molecule has 0 N–H and O–H groups in total. The molecule has 4 aromatic carbocycles. The first-order valence-corrected chi connectivity index (χ1v) is 9.86. The summed E-state index contributed by atoms with van der Waals surface area (Å²) in [5.41, 5.74) is 3.57. The molecule has 0 heteroatoms. The highest BCUT2D eigenvalue weighted by molar-refractivity contribution is 6.00. The molecule has 0 heterocycles. The Morgan fingerprint density at radius 2 is 1.41 bits per heavy atom. The van der Waals surface area contributed by atoms with E-state index in [1.165, 1.54) is 46.4 Å². The third kappa shape index (κ3) is 4.04. The average Bonchev–Trinajstić information content (AvgIpc) is 2.72. The summed E-state index contributed by atoms with van der Waals surface area (Å²) < 4.78 is 0. The van der Waals surface area contributed by atoms with Gasteiger partial charge >= 0.3 is 0 Å². The van der Waals surface area contributed by atoms with Crippen LogP contribution in [0.5, 0.6) is 0 Å². The second kappa shape index (κ2) is 8.11. The molecule has 0 atom stereocenters. The van der Waals surface area contributed by atoms with Gasteiger partial charge in [-0.1, -0.05) is 80.1 Å². The van der Waals surface area contributed by atoms with E-state index in [2.05, 4.69) is 97.6 Å². The van der Waals surface area contributed by atoms with Gasteiger partial charge in [0, 0.05) is 11.1 Å². The molecule has 0 radical (unpaired) electrons. The second-order valence-corrected chi connectivity index (χ2v) is 7.13. The van der Waals surface area contributed by atoms with Gasteiger partial charge in [-0.3, -0.25) is 0 Å². The molecule has 4 rings (SSSR count). The van der Waals surface area contributed by atoms with Gasteiger partial charge in [-0.15, -0.1) is 0 Å². The number of fused-ring (bicyclic) bond motifs is 2. The molecule has 4 aromatic rings. The molecule has 0 nitrogen and oxygen atoms in total. The van der Waals surface area contributed by atoms with Crippen LogP contribution in [0.25, 0.3) is 21.5 Å². The Labute approximate surface area is 161 Å². The van der Waals surface area contributed by atoms with E-state index in [-0.39, 0.29) is 0 Å². The quantitative estimate of drug-likeness (QED) is 0.209. The molecule has 0 unspecified atom stereocenters. The fraction of sp³-hybridized carbons (Fsp3) is 0.185. The normalized spacial score (nSPS) is 10.7. The third-order valence-corrected chi connectivity index (χ3v) is 5.11. The highest BCUT2D eigenvalue weighted by atomic mass is 14.0. The number of benzene rings is 4. The van der Waals surface area contributed by atoms with Crippen molar-refractivity contribution in [3.63, 3.8) is 0 Å². The number of rotatable bonds is 4. The largest absolute Gasteiger partial charge is 0.0654 e. The van der Waals surface area contributed by atoms with Gasteiger partial charge in [0.1, 0.15) is 0 Å². The fourth-order valence-electron chi connectivity index (χ4n) is 3.55. The molecule has 0 aliphatic carbocycles. The molecule has 0 aliphatic heterocycles. The van der Waals surface area contributed by atoms with Crippen LogP contribution in [-0.4, -0.2) is 0 Å². The minimum Gasteiger partial charge on any atom is -0.0654 e. The van der Waals surface area contributed by atoms with Crippen molar-refractivity contribution in [3.05, 3.63) is 95.6 Å². The van der Waals surface area contributed by atoms with Crippen LogP contribution in [0.2, 0.25) is 0 Å². The van der Waals surface area contributed by atoms with E-state index in [0.29, 0.717) is 0 Å². The summed E-state index contributed by atoms with van der Waals surface area (Å²) in [6, 6.07) is 28.1. The summed E-state index contributed by atoms with van der Waals surface area (Å²) in [4.78, 5) is 0. The molecular formula is C27H24. The lowest BCUT2D eigenvalue weighted by Crippen LogP contribution is -1.86. The lowest BCUT2D eigenvalue weighted by molar-refractivity contribution is 0.717. The first kappa shape index (κ1) is 17.4. The van der Waals surface area contributed by atoms with Gasteiger partial charge in [0.25, 0.3) is 0 Å². The van der Waals surface area contributed by atoms with Crippen LogP contribution in [-0.2, 0) is 6.42 Å². The number of aryl methyl sites for hydroxylation is 1. The molecule has 27 heavy (non-hydrogen) atoms. The average molecular weight is 348 g/mol. The SMILES string of the molecule is CCCCCc1ccc(C#Cc2cccc3cc4ccccc4cc23)cc1. The lowest BCUT2D eigenvalue weighted by atomic mass is 9.99. The van der Waals surface area contributed by atoms with Crippen molar-refractivity contribution in [3.8, 4) is 11.8 Å². The van der Waals surface area contributed by atoms with E-state index < -0.39 is 0 Å². The van der Waals surface area contributed by atoms with E-state index in [4.69, 9.17) is 0 Å². The highest BCUT2D eigenvalue weighted by Gasteiger charge is 2.01. The molecule has 0 saturated heterocycles. The van der Waals surface area contributed by atoms with Gasteiger partial charge in [-0.05, 0) is 70.3 Å². The standard InChI is InChI=1S/C27H24/c1-2-3-4-8-21-13-15-22(16-14-21)17-18-23-11-7-12-26-19-24-9-5-6-10-25(24)20-27(23)26/h5-7,9-16,19-20H,2-4,8H2,1H3. The minimum atomic E-state index is 1.08. The fourth-order valence-corrected chi connectivity index (χ4v) is 3.55. The Hall–Kier alpha value is -3.04. The van der Waals surface area contributed by atoms with Crippen molar-refractivity contribution in [2.75, 3.05) is 0 Å². The van der Waals surface area contributed by atoms with Gasteiger partial charge in [-0.25, -0.2) is 0 Å². The van der Waals surface area contributed by atoms with Crippen molar-refractivity contribution < 1.29 is 0 Å². The zero-order chi connectivity index (χ0) is 18.5. The van der Waals surface area contributed by atoms with Crippen LogP contribution >= 0.6 is 0 Å². The van der Waals surface area contributed by atoms with Crippen molar-refractivity contribution >= 4 is 21.5 Å². The predicted molar refractivity (Wildman–Crippen MR) is 117 cm³/mol.